The van der Waals surface area contributed by atoms with Gasteiger partial charge in [0, 0.05) is 6.04 Å². The average molecular weight is 196 g/mol. The Bertz CT molecular complexity index is 158. The summed E-state index contributed by atoms with van der Waals surface area (Å²) in [5, 5.41) is 0. The van der Waals surface area contributed by atoms with E-state index >= 15 is 0 Å². The van der Waals surface area contributed by atoms with Crippen molar-refractivity contribution in [3.63, 3.8) is 0 Å². The van der Waals surface area contributed by atoms with E-state index in [4.69, 9.17) is 5.73 Å². The van der Waals surface area contributed by atoms with Crippen molar-refractivity contribution in [3.05, 3.63) is 0 Å². The molecule has 2 fully saturated rings. The topological polar surface area (TPSA) is 29.3 Å². The van der Waals surface area contributed by atoms with E-state index in [1.165, 1.54) is 64.6 Å². The Kier molecular flexibility index (Phi) is 3.82. The van der Waals surface area contributed by atoms with Gasteiger partial charge < -0.3 is 10.6 Å². The van der Waals surface area contributed by atoms with Crippen LogP contribution in [0.2, 0.25) is 0 Å². The van der Waals surface area contributed by atoms with Crippen LogP contribution in [0.1, 0.15) is 44.9 Å². The van der Waals surface area contributed by atoms with Crippen LogP contribution in [-0.4, -0.2) is 30.6 Å². The molecule has 2 nitrogen and oxygen atoms in total. The summed E-state index contributed by atoms with van der Waals surface area (Å²) in [4.78, 5) is 2.62. The van der Waals surface area contributed by atoms with Crippen LogP contribution in [0.4, 0.5) is 0 Å². The van der Waals surface area contributed by atoms with Crippen molar-refractivity contribution in [1.82, 2.24) is 4.90 Å². The fourth-order valence-electron chi connectivity index (χ4n) is 2.45. The Morgan fingerprint density at radius 3 is 2.29 bits per heavy atom. The van der Waals surface area contributed by atoms with Crippen molar-refractivity contribution in [2.45, 2.75) is 51.0 Å². The van der Waals surface area contributed by atoms with Crippen molar-refractivity contribution in [2.24, 2.45) is 11.7 Å². The Hall–Kier alpha value is -0.0800. The van der Waals surface area contributed by atoms with Gasteiger partial charge in [0.1, 0.15) is 0 Å². The van der Waals surface area contributed by atoms with Crippen molar-refractivity contribution in [3.8, 4) is 0 Å². The molecule has 2 heteroatoms. The molecule has 1 heterocycles. The lowest BCUT2D eigenvalue weighted by Crippen LogP contribution is -2.32. The van der Waals surface area contributed by atoms with E-state index in [2.05, 4.69) is 4.90 Å². The third kappa shape index (κ3) is 3.25. The second kappa shape index (κ2) is 5.13. The summed E-state index contributed by atoms with van der Waals surface area (Å²) < 4.78 is 0. The Morgan fingerprint density at radius 2 is 1.71 bits per heavy atom. The molecule has 0 bridgehead atoms. The average Bonchev–Trinajstić information content (AvgIpc) is 3.01. The summed E-state index contributed by atoms with van der Waals surface area (Å²) in [6.07, 6.45) is 9.68. The van der Waals surface area contributed by atoms with Gasteiger partial charge in [0.2, 0.25) is 0 Å². The van der Waals surface area contributed by atoms with Gasteiger partial charge >= 0.3 is 0 Å². The van der Waals surface area contributed by atoms with Crippen LogP contribution in [0.25, 0.3) is 0 Å². The van der Waals surface area contributed by atoms with Crippen LogP contribution in [-0.2, 0) is 0 Å². The SMILES string of the molecule is NC(CCN1CCCCCC1)C1CC1. The van der Waals surface area contributed by atoms with E-state index in [0.29, 0.717) is 6.04 Å². The first-order valence-electron chi connectivity index (χ1n) is 6.34. The molecule has 2 N–H and O–H groups in total. The van der Waals surface area contributed by atoms with E-state index in [1.807, 2.05) is 0 Å². The first-order chi connectivity index (χ1) is 6.86. The third-order valence-corrected chi connectivity index (χ3v) is 3.70. The van der Waals surface area contributed by atoms with Crippen LogP contribution >= 0.6 is 0 Å². The minimum Gasteiger partial charge on any atom is -0.327 e. The summed E-state index contributed by atoms with van der Waals surface area (Å²) in [5.41, 5.74) is 6.11. The zero-order chi connectivity index (χ0) is 9.80. The molecule has 14 heavy (non-hydrogen) atoms. The van der Waals surface area contributed by atoms with Crippen LogP contribution in [0.5, 0.6) is 0 Å². The Labute approximate surface area is 87.8 Å². The molecule has 2 aliphatic rings. The Morgan fingerprint density at radius 1 is 1.07 bits per heavy atom. The zero-order valence-electron chi connectivity index (χ0n) is 9.25. The highest BCUT2D eigenvalue weighted by atomic mass is 15.1. The zero-order valence-corrected chi connectivity index (χ0v) is 9.25. The van der Waals surface area contributed by atoms with E-state index in [0.717, 1.165) is 5.92 Å². The van der Waals surface area contributed by atoms with Crippen molar-refractivity contribution in [1.29, 1.82) is 0 Å². The largest absolute Gasteiger partial charge is 0.327 e. The lowest BCUT2D eigenvalue weighted by molar-refractivity contribution is 0.269. The lowest BCUT2D eigenvalue weighted by Gasteiger charge is -2.21. The molecule has 1 aliphatic carbocycles. The van der Waals surface area contributed by atoms with Crippen molar-refractivity contribution in [2.75, 3.05) is 19.6 Å². The molecule has 2 rings (SSSR count). The number of nitrogens with two attached hydrogens (primary N) is 1. The molecule has 0 aromatic rings. The van der Waals surface area contributed by atoms with Gasteiger partial charge in [0.15, 0.2) is 0 Å². The number of likely N-dealkylation sites (tertiary alicyclic amines) is 1. The molecule has 1 aliphatic heterocycles. The molecule has 1 unspecified atom stereocenters. The summed E-state index contributed by atoms with van der Waals surface area (Å²) in [5.74, 6) is 0.877. The van der Waals surface area contributed by atoms with Gasteiger partial charge in [0.25, 0.3) is 0 Å². The molecule has 82 valence electrons. The standard InChI is InChI=1S/C12H24N2/c13-12(11-5-6-11)7-10-14-8-3-1-2-4-9-14/h11-12H,1-10,13H2. The van der Waals surface area contributed by atoms with Gasteiger partial charge in [-0.25, -0.2) is 0 Å². The summed E-state index contributed by atoms with van der Waals surface area (Å²) >= 11 is 0. The van der Waals surface area contributed by atoms with E-state index < -0.39 is 0 Å². The minimum absolute atomic E-state index is 0.498. The number of hydrogen-bond donors (Lipinski definition) is 1. The molecule has 1 saturated heterocycles. The molecular formula is C12H24N2. The molecule has 1 saturated carbocycles. The molecule has 0 amide bonds. The smallest absolute Gasteiger partial charge is 0.00793 e. The predicted octanol–water partition coefficient (Wildman–Crippen LogP) is 1.99. The quantitative estimate of drug-likeness (QED) is 0.745. The van der Waals surface area contributed by atoms with Crippen LogP contribution < -0.4 is 5.73 Å². The number of rotatable bonds is 4. The maximum absolute atomic E-state index is 6.11. The second-order valence-electron chi connectivity index (χ2n) is 5.05. The minimum atomic E-state index is 0.498. The first-order valence-corrected chi connectivity index (χ1v) is 6.34. The molecular weight excluding hydrogens is 172 g/mol. The highest BCUT2D eigenvalue weighted by Crippen LogP contribution is 2.32. The molecule has 0 spiro atoms. The van der Waals surface area contributed by atoms with E-state index in [1.54, 1.807) is 0 Å². The fourth-order valence-corrected chi connectivity index (χ4v) is 2.45. The van der Waals surface area contributed by atoms with Gasteiger partial charge in [-0.1, -0.05) is 12.8 Å². The van der Waals surface area contributed by atoms with E-state index in [9.17, 15) is 0 Å². The van der Waals surface area contributed by atoms with Gasteiger partial charge in [-0.15, -0.1) is 0 Å². The number of nitrogens with zero attached hydrogens (tertiary/aromatic N) is 1. The van der Waals surface area contributed by atoms with Gasteiger partial charge in [-0.3, -0.25) is 0 Å². The van der Waals surface area contributed by atoms with Crippen molar-refractivity contribution < 1.29 is 0 Å². The summed E-state index contributed by atoms with van der Waals surface area (Å²) in [6, 6.07) is 0.498. The summed E-state index contributed by atoms with van der Waals surface area (Å²) in [6.45, 7) is 3.88. The van der Waals surface area contributed by atoms with Crippen LogP contribution in [0.3, 0.4) is 0 Å². The molecule has 1 atom stereocenters. The number of hydrogen-bond acceptors (Lipinski definition) is 2. The maximum Gasteiger partial charge on any atom is 0.00793 e. The molecule has 0 aromatic heterocycles. The third-order valence-electron chi connectivity index (χ3n) is 3.70. The second-order valence-corrected chi connectivity index (χ2v) is 5.05. The highest BCUT2D eigenvalue weighted by molar-refractivity contribution is 4.84. The summed E-state index contributed by atoms with van der Waals surface area (Å²) in [7, 11) is 0. The van der Waals surface area contributed by atoms with E-state index in [-0.39, 0.29) is 0 Å². The molecule has 0 aromatic carbocycles. The fraction of sp³-hybridized carbons (Fsp3) is 1.00. The lowest BCUT2D eigenvalue weighted by atomic mass is 10.1. The van der Waals surface area contributed by atoms with Crippen LogP contribution in [0, 0.1) is 5.92 Å². The highest BCUT2D eigenvalue weighted by Gasteiger charge is 2.28. The molecule has 0 radical (unpaired) electrons. The monoisotopic (exact) mass is 196 g/mol. The van der Waals surface area contributed by atoms with Gasteiger partial charge in [-0.2, -0.15) is 0 Å². The van der Waals surface area contributed by atoms with Gasteiger partial charge in [-0.05, 0) is 57.7 Å². The van der Waals surface area contributed by atoms with Gasteiger partial charge in [0.05, 0.1) is 0 Å². The maximum atomic E-state index is 6.11. The van der Waals surface area contributed by atoms with Crippen molar-refractivity contribution >= 4 is 0 Å². The Balaban J connectivity index is 1.62. The van der Waals surface area contributed by atoms with Crippen LogP contribution in [0.15, 0.2) is 0 Å². The predicted molar refractivity (Wildman–Crippen MR) is 60.2 cm³/mol. The first kappa shape index (κ1) is 10.4. The normalized spacial score (nSPS) is 27.2.